The predicted octanol–water partition coefficient (Wildman–Crippen LogP) is 3.76. The van der Waals surface area contributed by atoms with Gasteiger partial charge in [-0.05, 0) is 29.5 Å². The van der Waals surface area contributed by atoms with E-state index in [9.17, 15) is 8.42 Å². The van der Waals surface area contributed by atoms with Crippen molar-refractivity contribution in [3.8, 4) is 0 Å². The van der Waals surface area contributed by atoms with Crippen molar-refractivity contribution in [1.29, 1.82) is 0 Å². The van der Waals surface area contributed by atoms with Gasteiger partial charge in [0.2, 0.25) is 0 Å². The Morgan fingerprint density at radius 3 is 2.29 bits per heavy atom. The smallest absolute Gasteiger partial charge is 0.284 e. The summed E-state index contributed by atoms with van der Waals surface area (Å²) in [4.78, 5) is 2.25. The van der Waals surface area contributed by atoms with E-state index in [4.69, 9.17) is 4.74 Å². The van der Waals surface area contributed by atoms with Crippen LogP contribution >= 0.6 is 0 Å². The summed E-state index contributed by atoms with van der Waals surface area (Å²) in [6.45, 7) is 10.4. The molecule has 0 amide bonds. The minimum Gasteiger partial charge on any atom is -0.378 e. The molecule has 1 heterocycles. The van der Waals surface area contributed by atoms with Crippen molar-refractivity contribution in [1.82, 2.24) is 4.90 Å². The molecule has 0 N–H and O–H groups in total. The van der Waals surface area contributed by atoms with Crippen molar-refractivity contribution < 1.29 is 13.2 Å². The fourth-order valence-electron chi connectivity index (χ4n) is 3.16. The molecule has 0 bridgehead atoms. The maximum atomic E-state index is 13.3. The maximum Gasteiger partial charge on any atom is 0.284 e. The standard InChI is InChI=1S/C22H28N2O3S/c1-17-10-11-19(22(2,3)4)16-20(17)28(25,26)23-21(18-8-6-5-7-9-18)24-12-14-27-15-13-24/h5-11,16H,12-15H2,1-4H3/b23-21+. The van der Waals surface area contributed by atoms with Gasteiger partial charge in [0.1, 0.15) is 5.84 Å². The molecule has 0 aromatic heterocycles. The zero-order valence-electron chi connectivity index (χ0n) is 17.0. The van der Waals surface area contributed by atoms with Crippen LogP contribution in [-0.4, -0.2) is 45.5 Å². The second-order valence-corrected chi connectivity index (χ2v) is 9.66. The van der Waals surface area contributed by atoms with E-state index < -0.39 is 10.0 Å². The topological polar surface area (TPSA) is 59.0 Å². The molecule has 0 radical (unpaired) electrons. The third-order valence-electron chi connectivity index (χ3n) is 4.88. The Labute approximate surface area is 168 Å². The first kappa shape index (κ1) is 20.6. The first-order valence-electron chi connectivity index (χ1n) is 9.53. The molecule has 0 saturated carbocycles. The van der Waals surface area contributed by atoms with Crippen LogP contribution in [0.2, 0.25) is 0 Å². The van der Waals surface area contributed by atoms with E-state index in [0.717, 1.165) is 11.1 Å². The van der Waals surface area contributed by atoms with Crippen LogP contribution in [0.25, 0.3) is 0 Å². The molecule has 0 aliphatic carbocycles. The second kappa shape index (κ2) is 8.05. The average molecular weight is 401 g/mol. The van der Waals surface area contributed by atoms with E-state index >= 15 is 0 Å². The fourth-order valence-corrected chi connectivity index (χ4v) is 4.46. The summed E-state index contributed by atoms with van der Waals surface area (Å²) < 4.78 is 36.4. The van der Waals surface area contributed by atoms with Crippen LogP contribution in [0.15, 0.2) is 57.8 Å². The Balaban J connectivity index is 2.11. The Bertz CT molecular complexity index is 955. The molecular formula is C22H28N2O3S. The van der Waals surface area contributed by atoms with Gasteiger partial charge in [-0.15, -0.1) is 4.40 Å². The van der Waals surface area contributed by atoms with Gasteiger partial charge in [-0.2, -0.15) is 8.42 Å². The molecule has 1 aliphatic heterocycles. The van der Waals surface area contributed by atoms with Gasteiger partial charge in [0.15, 0.2) is 0 Å². The summed E-state index contributed by atoms with van der Waals surface area (Å²) >= 11 is 0. The Morgan fingerprint density at radius 1 is 1.04 bits per heavy atom. The number of aryl methyl sites for hydroxylation is 1. The molecular weight excluding hydrogens is 372 g/mol. The molecule has 6 heteroatoms. The minimum absolute atomic E-state index is 0.145. The lowest BCUT2D eigenvalue weighted by molar-refractivity contribution is 0.0683. The average Bonchev–Trinajstić information content (AvgIpc) is 2.67. The summed E-state index contributed by atoms with van der Waals surface area (Å²) in [5.74, 6) is 0.476. The maximum absolute atomic E-state index is 13.3. The SMILES string of the molecule is Cc1ccc(C(C)(C)C)cc1S(=O)(=O)/N=C(\c1ccccc1)N1CCOCC1. The van der Waals surface area contributed by atoms with E-state index in [2.05, 4.69) is 25.2 Å². The number of ether oxygens (including phenoxy) is 1. The first-order valence-corrected chi connectivity index (χ1v) is 11.0. The van der Waals surface area contributed by atoms with Gasteiger partial charge in [-0.25, -0.2) is 0 Å². The van der Waals surface area contributed by atoms with Gasteiger partial charge < -0.3 is 9.64 Å². The van der Waals surface area contributed by atoms with Crippen molar-refractivity contribution in [2.24, 2.45) is 4.40 Å². The second-order valence-electron chi connectivity index (χ2n) is 8.09. The van der Waals surface area contributed by atoms with Crippen LogP contribution in [0.4, 0.5) is 0 Å². The zero-order chi connectivity index (χ0) is 20.4. The fraction of sp³-hybridized carbons (Fsp3) is 0.409. The molecule has 1 aliphatic rings. The highest BCUT2D eigenvalue weighted by atomic mass is 32.2. The number of morpholine rings is 1. The molecule has 0 spiro atoms. The number of hydrogen-bond donors (Lipinski definition) is 0. The molecule has 5 nitrogen and oxygen atoms in total. The van der Waals surface area contributed by atoms with Crippen LogP contribution in [0, 0.1) is 6.92 Å². The number of hydrogen-bond acceptors (Lipinski definition) is 3. The van der Waals surface area contributed by atoms with Gasteiger partial charge in [0.25, 0.3) is 10.0 Å². The number of amidine groups is 1. The lowest BCUT2D eigenvalue weighted by atomic mass is 9.87. The Hall–Kier alpha value is -2.18. The molecule has 3 rings (SSSR count). The largest absolute Gasteiger partial charge is 0.378 e. The van der Waals surface area contributed by atoms with Crippen molar-refractivity contribution >= 4 is 15.9 Å². The van der Waals surface area contributed by atoms with Crippen LogP contribution in [0.1, 0.15) is 37.5 Å². The third-order valence-corrected chi connectivity index (χ3v) is 6.29. The normalized spacial score (nSPS) is 16.3. The number of nitrogens with zero attached hydrogens (tertiary/aromatic N) is 2. The summed E-state index contributed by atoms with van der Waals surface area (Å²) in [7, 11) is -3.86. The monoisotopic (exact) mass is 400 g/mol. The summed E-state index contributed by atoms with van der Waals surface area (Å²) in [6, 6.07) is 15.1. The highest BCUT2D eigenvalue weighted by Crippen LogP contribution is 2.28. The van der Waals surface area contributed by atoms with Crippen LogP contribution in [-0.2, 0) is 20.2 Å². The molecule has 1 fully saturated rings. The van der Waals surface area contributed by atoms with Crippen molar-refractivity contribution in [2.45, 2.75) is 38.0 Å². The molecule has 0 unspecified atom stereocenters. The molecule has 1 saturated heterocycles. The van der Waals surface area contributed by atoms with Gasteiger partial charge >= 0.3 is 0 Å². The van der Waals surface area contributed by atoms with Crippen molar-refractivity contribution in [3.05, 3.63) is 65.2 Å². The van der Waals surface area contributed by atoms with E-state index in [1.807, 2.05) is 54.3 Å². The zero-order valence-corrected chi connectivity index (χ0v) is 17.8. The van der Waals surface area contributed by atoms with E-state index in [0.29, 0.717) is 37.7 Å². The van der Waals surface area contributed by atoms with Crippen LogP contribution < -0.4 is 0 Å². The van der Waals surface area contributed by atoms with E-state index in [-0.39, 0.29) is 10.3 Å². The lowest BCUT2D eigenvalue weighted by Crippen LogP contribution is -2.41. The molecule has 2 aromatic carbocycles. The van der Waals surface area contributed by atoms with E-state index in [1.165, 1.54) is 0 Å². The Morgan fingerprint density at radius 2 is 1.68 bits per heavy atom. The van der Waals surface area contributed by atoms with Crippen molar-refractivity contribution in [2.75, 3.05) is 26.3 Å². The molecule has 0 atom stereocenters. The molecule has 2 aromatic rings. The first-order chi connectivity index (χ1) is 13.2. The van der Waals surface area contributed by atoms with Gasteiger partial charge in [0, 0.05) is 18.7 Å². The van der Waals surface area contributed by atoms with Gasteiger partial charge in [-0.3, -0.25) is 0 Å². The molecule has 150 valence electrons. The minimum atomic E-state index is -3.86. The lowest BCUT2D eigenvalue weighted by Gasteiger charge is -2.30. The number of benzene rings is 2. The Kier molecular flexibility index (Phi) is 5.91. The summed E-state index contributed by atoms with van der Waals surface area (Å²) in [6.07, 6.45) is 0. The predicted molar refractivity (Wildman–Crippen MR) is 112 cm³/mol. The third kappa shape index (κ3) is 4.62. The van der Waals surface area contributed by atoms with Crippen molar-refractivity contribution in [3.63, 3.8) is 0 Å². The summed E-state index contributed by atoms with van der Waals surface area (Å²) in [5, 5.41) is 0. The molecule has 28 heavy (non-hydrogen) atoms. The van der Waals surface area contributed by atoms with E-state index in [1.54, 1.807) is 6.07 Å². The van der Waals surface area contributed by atoms with Gasteiger partial charge in [-0.1, -0.05) is 63.2 Å². The van der Waals surface area contributed by atoms with Gasteiger partial charge in [0.05, 0.1) is 18.1 Å². The highest BCUT2D eigenvalue weighted by molar-refractivity contribution is 7.90. The number of sulfonamides is 1. The van der Waals surface area contributed by atoms with Crippen LogP contribution in [0.3, 0.4) is 0 Å². The number of rotatable bonds is 3. The highest BCUT2D eigenvalue weighted by Gasteiger charge is 2.24. The quantitative estimate of drug-likeness (QED) is 0.581. The summed E-state index contributed by atoms with van der Waals surface area (Å²) in [5.41, 5.74) is 2.32. The van der Waals surface area contributed by atoms with Crippen LogP contribution in [0.5, 0.6) is 0 Å².